The van der Waals surface area contributed by atoms with Gasteiger partial charge in [0.2, 0.25) is 0 Å². The molecule has 0 spiro atoms. The number of nitrogens with zero attached hydrogens (tertiary/aromatic N) is 1. The van der Waals surface area contributed by atoms with Crippen molar-refractivity contribution in [2.24, 2.45) is 5.92 Å². The summed E-state index contributed by atoms with van der Waals surface area (Å²) in [5.74, 6) is -0.590. The van der Waals surface area contributed by atoms with Gasteiger partial charge in [-0.3, -0.25) is 4.79 Å². The number of carbonyl (C=O) groups excluding carboxylic acids is 1. The lowest BCUT2D eigenvalue weighted by Crippen LogP contribution is -2.08. The summed E-state index contributed by atoms with van der Waals surface area (Å²) in [6.45, 7) is 3.51. The molecule has 0 fully saturated rings. The van der Waals surface area contributed by atoms with Crippen molar-refractivity contribution < 1.29 is 4.79 Å². The Bertz CT molecular complexity index is 335. The summed E-state index contributed by atoms with van der Waals surface area (Å²) >= 11 is 1.40. The molecule has 1 rings (SSSR count). The molecule has 0 saturated heterocycles. The summed E-state index contributed by atoms with van der Waals surface area (Å²) < 4.78 is 0. The van der Waals surface area contributed by atoms with Crippen LogP contribution in [0.3, 0.4) is 0 Å². The van der Waals surface area contributed by atoms with Crippen molar-refractivity contribution in [3.8, 4) is 6.07 Å². The van der Waals surface area contributed by atoms with Crippen LogP contribution in [0.1, 0.15) is 22.2 Å². The van der Waals surface area contributed by atoms with Crippen LogP contribution in [0.2, 0.25) is 0 Å². The highest BCUT2D eigenvalue weighted by atomic mass is 32.1. The van der Waals surface area contributed by atoms with Crippen molar-refractivity contribution in [3.05, 3.63) is 21.9 Å². The van der Waals surface area contributed by atoms with Crippen LogP contribution >= 0.6 is 11.3 Å². The molecular formula is C9H9NOS. The fraction of sp³-hybridized carbons (Fsp3) is 0.333. The zero-order valence-corrected chi connectivity index (χ0v) is 7.81. The van der Waals surface area contributed by atoms with Gasteiger partial charge >= 0.3 is 0 Å². The first-order valence-corrected chi connectivity index (χ1v) is 4.52. The number of hydrogen-bond acceptors (Lipinski definition) is 3. The third-order valence-corrected chi connectivity index (χ3v) is 2.70. The summed E-state index contributed by atoms with van der Waals surface area (Å²) in [4.78, 5) is 12.2. The fourth-order valence-corrected chi connectivity index (χ4v) is 1.84. The Labute approximate surface area is 75.5 Å². The van der Waals surface area contributed by atoms with E-state index in [2.05, 4.69) is 0 Å². The van der Waals surface area contributed by atoms with Crippen LogP contribution in [0.5, 0.6) is 0 Å². The van der Waals surface area contributed by atoms with Crippen molar-refractivity contribution in [2.45, 2.75) is 13.8 Å². The minimum atomic E-state index is -0.526. The van der Waals surface area contributed by atoms with Gasteiger partial charge in [0.15, 0.2) is 5.78 Å². The van der Waals surface area contributed by atoms with Gasteiger partial charge in [-0.05, 0) is 30.9 Å². The molecule has 12 heavy (non-hydrogen) atoms. The molecule has 2 nitrogen and oxygen atoms in total. The number of carbonyl (C=O) groups is 1. The van der Waals surface area contributed by atoms with Crippen LogP contribution in [0.15, 0.2) is 11.4 Å². The average Bonchev–Trinajstić information content (AvgIpc) is 2.48. The first-order chi connectivity index (χ1) is 5.66. The summed E-state index contributed by atoms with van der Waals surface area (Å²) in [7, 11) is 0. The number of thiophene rings is 1. The van der Waals surface area contributed by atoms with Gasteiger partial charge in [-0.15, -0.1) is 11.3 Å². The highest BCUT2D eigenvalue weighted by molar-refractivity contribution is 7.12. The monoisotopic (exact) mass is 179 g/mol. The molecule has 0 aliphatic rings. The Kier molecular flexibility index (Phi) is 2.61. The summed E-state index contributed by atoms with van der Waals surface area (Å²) in [5, 5.41) is 10.4. The molecule has 1 atom stereocenters. The van der Waals surface area contributed by atoms with Gasteiger partial charge in [0.25, 0.3) is 0 Å². The smallest absolute Gasteiger partial charge is 0.189 e. The summed E-state index contributed by atoms with van der Waals surface area (Å²) in [5.41, 5.74) is 0.965. The fourth-order valence-electron chi connectivity index (χ4n) is 0.880. The average molecular weight is 179 g/mol. The molecule has 1 aromatic heterocycles. The van der Waals surface area contributed by atoms with Crippen LogP contribution in [0, 0.1) is 24.2 Å². The number of nitriles is 1. The Morgan fingerprint density at radius 3 is 2.83 bits per heavy atom. The predicted octanol–water partition coefficient (Wildman–Crippen LogP) is 2.40. The number of rotatable bonds is 2. The first kappa shape index (κ1) is 8.95. The molecule has 3 heteroatoms. The molecule has 1 unspecified atom stereocenters. The Morgan fingerprint density at radius 1 is 1.75 bits per heavy atom. The lowest BCUT2D eigenvalue weighted by Gasteiger charge is -1.98. The van der Waals surface area contributed by atoms with Crippen LogP contribution in [0.4, 0.5) is 0 Å². The molecule has 0 aliphatic heterocycles. The van der Waals surface area contributed by atoms with Crippen molar-refractivity contribution in [2.75, 3.05) is 0 Å². The van der Waals surface area contributed by atoms with Crippen LogP contribution in [-0.2, 0) is 0 Å². The summed E-state index contributed by atoms with van der Waals surface area (Å²) in [6.07, 6.45) is 0. The Morgan fingerprint density at radius 2 is 2.42 bits per heavy atom. The highest BCUT2D eigenvalue weighted by Gasteiger charge is 2.16. The van der Waals surface area contributed by atoms with Gasteiger partial charge in [0.1, 0.15) is 5.92 Å². The molecule has 1 aromatic rings. The molecule has 62 valence electrons. The molecule has 0 saturated carbocycles. The van der Waals surface area contributed by atoms with Crippen LogP contribution in [-0.4, -0.2) is 5.78 Å². The SMILES string of the molecule is Cc1ccsc1C(=O)C(C)C#N. The van der Waals surface area contributed by atoms with E-state index in [1.165, 1.54) is 11.3 Å². The van der Waals surface area contributed by atoms with Crippen LogP contribution < -0.4 is 0 Å². The van der Waals surface area contributed by atoms with E-state index >= 15 is 0 Å². The third-order valence-electron chi connectivity index (χ3n) is 1.67. The number of Topliss-reactive ketones (excluding diaryl/α,β-unsaturated/α-hetero) is 1. The topological polar surface area (TPSA) is 40.9 Å². The Balaban J connectivity index is 2.94. The molecule has 1 heterocycles. The number of ketones is 1. The normalized spacial score (nSPS) is 12.1. The molecule has 0 bridgehead atoms. The summed E-state index contributed by atoms with van der Waals surface area (Å²) in [6, 6.07) is 3.83. The van der Waals surface area contributed by atoms with E-state index in [4.69, 9.17) is 5.26 Å². The predicted molar refractivity (Wildman–Crippen MR) is 48.2 cm³/mol. The number of hydrogen-bond donors (Lipinski definition) is 0. The number of aryl methyl sites for hydroxylation is 1. The minimum absolute atomic E-state index is 0.0648. The molecule has 0 radical (unpaired) electrons. The minimum Gasteiger partial charge on any atom is -0.292 e. The second-order valence-corrected chi connectivity index (χ2v) is 3.56. The van der Waals surface area contributed by atoms with E-state index in [9.17, 15) is 4.79 Å². The second-order valence-electron chi connectivity index (χ2n) is 2.65. The largest absolute Gasteiger partial charge is 0.292 e. The maximum Gasteiger partial charge on any atom is 0.189 e. The van der Waals surface area contributed by atoms with E-state index in [1.54, 1.807) is 6.92 Å². The quantitative estimate of drug-likeness (QED) is 0.654. The Hall–Kier alpha value is -1.14. The van der Waals surface area contributed by atoms with Crippen molar-refractivity contribution >= 4 is 17.1 Å². The van der Waals surface area contributed by atoms with E-state index in [1.807, 2.05) is 24.4 Å². The highest BCUT2D eigenvalue weighted by Crippen LogP contribution is 2.19. The second kappa shape index (κ2) is 3.51. The van der Waals surface area contributed by atoms with E-state index in [0.717, 1.165) is 5.56 Å². The molecule has 0 N–H and O–H groups in total. The van der Waals surface area contributed by atoms with Crippen molar-refractivity contribution in [1.29, 1.82) is 5.26 Å². The molecule has 0 amide bonds. The lowest BCUT2D eigenvalue weighted by atomic mass is 10.1. The standard InChI is InChI=1S/C9H9NOS/c1-6-3-4-12-9(6)8(11)7(2)5-10/h3-4,7H,1-2H3. The van der Waals surface area contributed by atoms with E-state index in [0.29, 0.717) is 4.88 Å². The third kappa shape index (κ3) is 1.54. The molecule has 0 aliphatic carbocycles. The van der Waals surface area contributed by atoms with Crippen molar-refractivity contribution in [3.63, 3.8) is 0 Å². The lowest BCUT2D eigenvalue weighted by molar-refractivity contribution is 0.0960. The van der Waals surface area contributed by atoms with E-state index < -0.39 is 5.92 Å². The van der Waals surface area contributed by atoms with Gasteiger partial charge < -0.3 is 0 Å². The van der Waals surface area contributed by atoms with Gasteiger partial charge in [-0.2, -0.15) is 5.26 Å². The van der Waals surface area contributed by atoms with Crippen LogP contribution in [0.25, 0.3) is 0 Å². The maximum atomic E-state index is 11.4. The van der Waals surface area contributed by atoms with Gasteiger partial charge in [-0.25, -0.2) is 0 Å². The zero-order valence-electron chi connectivity index (χ0n) is 7.00. The van der Waals surface area contributed by atoms with Gasteiger partial charge in [0, 0.05) is 0 Å². The maximum absolute atomic E-state index is 11.4. The molecular weight excluding hydrogens is 170 g/mol. The molecule has 0 aromatic carbocycles. The van der Waals surface area contributed by atoms with E-state index in [-0.39, 0.29) is 5.78 Å². The van der Waals surface area contributed by atoms with Gasteiger partial charge in [0.05, 0.1) is 10.9 Å². The van der Waals surface area contributed by atoms with Gasteiger partial charge in [-0.1, -0.05) is 0 Å². The zero-order chi connectivity index (χ0) is 9.14. The first-order valence-electron chi connectivity index (χ1n) is 3.64. The van der Waals surface area contributed by atoms with Crippen molar-refractivity contribution in [1.82, 2.24) is 0 Å².